The van der Waals surface area contributed by atoms with Crippen molar-refractivity contribution in [1.29, 1.82) is 5.26 Å². The highest BCUT2D eigenvalue weighted by molar-refractivity contribution is 7.78. The third-order valence-corrected chi connectivity index (χ3v) is 6.82. The average molecular weight is 456 g/mol. The van der Waals surface area contributed by atoms with Crippen molar-refractivity contribution >= 4 is 18.9 Å². The van der Waals surface area contributed by atoms with Gasteiger partial charge in [0.15, 0.2) is 0 Å². The fourth-order valence-corrected chi connectivity index (χ4v) is 5.38. The van der Waals surface area contributed by atoms with Crippen LogP contribution in [0.5, 0.6) is 17.2 Å². The molecule has 0 aliphatic carbocycles. The Bertz CT molecular complexity index is 1040. The Balaban J connectivity index is 1.83. The molecule has 0 heterocycles. The third-order valence-electron chi connectivity index (χ3n) is 3.95. The summed E-state index contributed by atoms with van der Waals surface area (Å²) in [4.78, 5) is 0. The lowest BCUT2D eigenvalue weighted by Gasteiger charge is -2.24. The summed E-state index contributed by atoms with van der Waals surface area (Å²) >= 11 is -2.10. The summed E-state index contributed by atoms with van der Waals surface area (Å²) in [5.74, 6) is 1.00. The molecule has 7 nitrogen and oxygen atoms in total. The standard InChI is InChI=1S/C22H21N2O5PS/c1-19-12-14-22(15-13-19)29-31(26)24(17-16-23)18-30(25,27-20-8-4-2-5-9-20)28-21-10-6-3-7-11-21/h2-15H,17-18H2,1H3. The van der Waals surface area contributed by atoms with Gasteiger partial charge in [-0.25, -0.2) is 4.57 Å². The zero-order chi connectivity index (χ0) is 22.1. The van der Waals surface area contributed by atoms with Crippen LogP contribution in [0, 0.1) is 18.3 Å². The van der Waals surface area contributed by atoms with Crippen LogP contribution in [0.15, 0.2) is 84.9 Å². The first-order valence-corrected chi connectivity index (χ1v) is 12.1. The van der Waals surface area contributed by atoms with Gasteiger partial charge in [0.2, 0.25) is 0 Å². The van der Waals surface area contributed by atoms with Crippen molar-refractivity contribution in [3.05, 3.63) is 90.5 Å². The summed E-state index contributed by atoms with van der Waals surface area (Å²) in [5.41, 5.74) is 1.02. The highest BCUT2D eigenvalue weighted by Gasteiger charge is 2.34. The summed E-state index contributed by atoms with van der Waals surface area (Å²) in [6.45, 7) is 1.61. The Kier molecular flexibility index (Phi) is 7.85. The molecule has 0 aliphatic heterocycles. The molecule has 0 spiro atoms. The van der Waals surface area contributed by atoms with Gasteiger partial charge in [0.25, 0.3) is 11.3 Å². The van der Waals surface area contributed by atoms with Crippen molar-refractivity contribution in [1.82, 2.24) is 4.31 Å². The van der Waals surface area contributed by atoms with Gasteiger partial charge in [0.05, 0.1) is 6.07 Å². The summed E-state index contributed by atoms with van der Waals surface area (Å²) < 4.78 is 44.4. The molecule has 0 saturated heterocycles. The van der Waals surface area contributed by atoms with Crippen LogP contribution >= 0.6 is 7.60 Å². The first kappa shape index (κ1) is 22.6. The fourth-order valence-electron chi connectivity index (χ4n) is 2.51. The number of nitriles is 1. The van der Waals surface area contributed by atoms with Crippen LogP contribution in [-0.4, -0.2) is 21.3 Å². The van der Waals surface area contributed by atoms with E-state index in [4.69, 9.17) is 13.2 Å². The van der Waals surface area contributed by atoms with E-state index in [1.54, 1.807) is 72.8 Å². The van der Waals surface area contributed by atoms with Gasteiger partial charge < -0.3 is 13.2 Å². The molecule has 160 valence electrons. The van der Waals surface area contributed by atoms with E-state index >= 15 is 0 Å². The number of aryl methyl sites for hydroxylation is 1. The highest BCUT2D eigenvalue weighted by Crippen LogP contribution is 2.49. The number of benzene rings is 3. The minimum absolute atomic E-state index is 0.307. The predicted octanol–water partition coefficient (Wildman–Crippen LogP) is 5.09. The number of hydrogen-bond donors (Lipinski definition) is 0. The highest BCUT2D eigenvalue weighted by atomic mass is 32.2. The molecule has 0 N–H and O–H groups in total. The van der Waals surface area contributed by atoms with Crippen LogP contribution in [0.3, 0.4) is 0 Å². The molecule has 0 amide bonds. The van der Waals surface area contributed by atoms with Crippen molar-refractivity contribution in [3.63, 3.8) is 0 Å². The monoisotopic (exact) mass is 456 g/mol. The molecule has 3 rings (SSSR count). The van der Waals surface area contributed by atoms with E-state index in [1.165, 1.54) is 0 Å². The van der Waals surface area contributed by atoms with Crippen LogP contribution in [0.1, 0.15) is 5.56 Å². The topological polar surface area (TPSA) is 88.9 Å². The van der Waals surface area contributed by atoms with Gasteiger partial charge in [-0.05, 0) is 43.3 Å². The minimum Gasteiger partial charge on any atom is -0.415 e. The SMILES string of the molecule is Cc1ccc(OS(=O)N(CC#N)CP(=O)(Oc2ccccc2)Oc2ccccc2)cc1. The van der Waals surface area contributed by atoms with Crippen LogP contribution in [0.4, 0.5) is 0 Å². The molecule has 3 aromatic carbocycles. The second-order valence-corrected chi connectivity index (χ2v) is 9.46. The van der Waals surface area contributed by atoms with Crippen molar-refractivity contribution in [2.45, 2.75) is 6.92 Å². The maximum atomic E-state index is 13.7. The van der Waals surface area contributed by atoms with Crippen molar-refractivity contribution in [2.75, 3.05) is 12.8 Å². The fraction of sp³-hybridized carbons (Fsp3) is 0.136. The molecular weight excluding hydrogens is 435 g/mol. The molecule has 0 fully saturated rings. The first-order chi connectivity index (χ1) is 15.0. The summed E-state index contributed by atoms with van der Waals surface area (Å²) in [5, 5.41) is 9.21. The van der Waals surface area contributed by atoms with Crippen molar-refractivity contribution < 1.29 is 22.0 Å². The zero-order valence-electron chi connectivity index (χ0n) is 16.8. The first-order valence-electron chi connectivity index (χ1n) is 9.34. The van der Waals surface area contributed by atoms with Gasteiger partial charge in [0.1, 0.15) is 30.1 Å². The molecule has 3 aromatic rings. The Morgan fingerprint density at radius 2 is 1.39 bits per heavy atom. The number of para-hydroxylation sites is 2. The van der Waals surface area contributed by atoms with E-state index < -0.39 is 25.1 Å². The quantitative estimate of drug-likeness (QED) is 0.312. The maximum absolute atomic E-state index is 13.7. The molecular formula is C22H21N2O5PS. The van der Waals surface area contributed by atoms with Crippen molar-refractivity contribution in [2.24, 2.45) is 0 Å². The Hall–Kier alpha value is -3.11. The van der Waals surface area contributed by atoms with E-state index in [1.807, 2.05) is 25.1 Å². The van der Waals surface area contributed by atoms with E-state index in [2.05, 4.69) is 0 Å². The normalized spacial score (nSPS) is 12.0. The Morgan fingerprint density at radius 3 is 1.87 bits per heavy atom. The lowest BCUT2D eigenvalue weighted by molar-refractivity contribution is 0.360. The van der Waals surface area contributed by atoms with Crippen LogP contribution in [-0.2, 0) is 15.8 Å². The van der Waals surface area contributed by atoms with E-state index in [-0.39, 0.29) is 6.54 Å². The third kappa shape index (κ3) is 6.97. The van der Waals surface area contributed by atoms with Gasteiger partial charge in [-0.1, -0.05) is 54.1 Å². The van der Waals surface area contributed by atoms with Gasteiger partial charge in [-0.2, -0.15) is 13.8 Å². The van der Waals surface area contributed by atoms with E-state index in [0.717, 1.165) is 9.87 Å². The number of nitrogens with zero attached hydrogens (tertiary/aromatic N) is 2. The minimum atomic E-state index is -3.91. The maximum Gasteiger partial charge on any atom is 0.445 e. The molecule has 31 heavy (non-hydrogen) atoms. The van der Waals surface area contributed by atoms with Gasteiger partial charge in [-0.3, -0.25) is 0 Å². The summed E-state index contributed by atoms with van der Waals surface area (Å²) in [6.07, 6.45) is -0.428. The smallest absolute Gasteiger partial charge is 0.415 e. The lowest BCUT2D eigenvalue weighted by Crippen LogP contribution is -2.32. The molecule has 1 unspecified atom stereocenters. The summed E-state index contributed by atoms with van der Waals surface area (Å²) in [7, 11) is -3.91. The van der Waals surface area contributed by atoms with Gasteiger partial charge in [-0.15, -0.1) is 0 Å². The van der Waals surface area contributed by atoms with Crippen LogP contribution < -0.4 is 13.2 Å². The zero-order valence-corrected chi connectivity index (χ0v) is 18.5. The molecule has 0 bridgehead atoms. The molecule has 0 aliphatic rings. The predicted molar refractivity (Wildman–Crippen MR) is 119 cm³/mol. The van der Waals surface area contributed by atoms with E-state index in [9.17, 15) is 14.0 Å². The molecule has 0 radical (unpaired) electrons. The van der Waals surface area contributed by atoms with Crippen molar-refractivity contribution in [3.8, 4) is 23.3 Å². The Labute approximate surface area is 184 Å². The van der Waals surface area contributed by atoms with Gasteiger partial charge >= 0.3 is 7.60 Å². The van der Waals surface area contributed by atoms with Crippen LogP contribution in [0.2, 0.25) is 0 Å². The second kappa shape index (κ2) is 10.8. The second-order valence-electron chi connectivity index (χ2n) is 6.47. The van der Waals surface area contributed by atoms with Crippen LogP contribution in [0.25, 0.3) is 0 Å². The molecule has 0 aromatic heterocycles. The lowest BCUT2D eigenvalue weighted by atomic mass is 10.2. The summed E-state index contributed by atoms with van der Waals surface area (Å²) in [6, 6.07) is 25.9. The largest absolute Gasteiger partial charge is 0.445 e. The van der Waals surface area contributed by atoms with Gasteiger partial charge in [0, 0.05) is 0 Å². The number of hydrogen-bond acceptors (Lipinski definition) is 6. The molecule has 0 saturated carbocycles. The van der Waals surface area contributed by atoms with E-state index in [0.29, 0.717) is 17.2 Å². The molecule has 9 heteroatoms. The molecule has 1 atom stereocenters. The Morgan fingerprint density at radius 1 is 0.871 bits per heavy atom. The number of rotatable bonds is 10. The average Bonchev–Trinajstić information content (AvgIpc) is 2.76.